The minimum atomic E-state index is 0.511. The molecule has 0 aliphatic carbocycles. The largest absolute Gasteiger partial charge is 0.316 e. The average molecular weight is 208 g/mol. The minimum absolute atomic E-state index is 0.511. The lowest BCUT2D eigenvalue weighted by Crippen LogP contribution is -2.30. The summed E-state index contributed by atoms with van der Waals surface area (Å²) >= 11 is 0. The van der Waals surface area contributed by atoms with Crippen LogP contribution in [0.2, 0.25) is 0 Å². The van der Waals surface area contributed by atoms with E-state index in [-0.39, 0.29) is 0 Å². The molecule has 2 heterocycles. The molecule has 1 aliphatic heterocycles. The van der Waals surface area contributed by atoms with Gasteiger partial charge in [-0.1, -0.05) is 6.92 Å². The fourth-order valence-electron chi connectivity index (χ4n) is 2.15. The molecule has 1 saturated heterocycles. The van der Waals surface area contributed by atoms with Crippen LogP contribution in [-0.2, 0) is 0 Å². The summed E-state index contributed by atoms with van der Waals surface area (Å²) in [7, 11) is 0. The van der Waals surface area contributed by atoms with Crippen molar-refractivity contribution in [2.24, 2.45) is 0 Å². The lowest BCUT2D eigenvalue weighted by atomic mass is 9.98. The van der Waals surface area contributed by atoms with Crippen LogP contribution in [0, 0.1) is 0 Å². The van der Waals surface area contributed by atoms with Crippen molar-refractivity contribution in [2.75, 3.05) is 13.1 Å². The molecule has 0 saturated carbocycles. The van der Waals surface area contributed by atoms with E-state index in [1.165, 1.54) is 12.8 Å². The number of hydrogen-bond acceptors (Lipinski definition) is 3. The van der Waals surface area contributed by atoms with E-state index in [4.69, 9.17) is 0 Å². The highest BCUT2D eigenvalue weighted by atomic mass is 15.3. The first kappa shape index (κ1) is 10.6. The number of nitrogens with one attached hydrogen (secondary N) is 1. The average Bonchev–Trinajstić information content (AvgIpc) is 2.78. The van der Waals surface area contributed by atoms with E-state index in [9.17, 15) is 0 Å². The van der Waals surface area contributed by atoms with Crippen molar-refractivity contribution >= 4 is 0 Å². The van der Waals surface area contributed by atoms with Crippen LogP contribution in [0.15, 0.2) is 6.33 Å². The molecule has 2 rings (SSSR count). The maximum Gasteiger partial charge on any atom is 0.137 e. The molecular formula is C11H20N4. The number of nitrogens with zero attached hydrogens (tertiary/aromatic N) is 3. The van der Waals surface area contributed by atoms with E-state index in [0.717, 1.165) is 25.3 Å². The van der Waals surface area contributed by atoms with Crippen LogP contribution in [0.4, 0.5) is 0 Å². The van der Waals surface area contributed by atoms with Gasteiger partial charge < -0.3 is 9.88 Å². The van der Waals surface area contributed by atoms with Crippen LogP contribution in [0.5, 0.6) is 0 Å². The molecule has 2 unspecified atom stereocenters. The molecule has 4 heteroatoms. The van der Waals surface area contributed by atoms with Crippen molar-refractivity contribution in [2.45, 2.75) is 45.1 Å². The maximum atomic E-state index is 4.28. The standard InChI is InChI=1S/C11H20N4/c1-3-9(2)15-8-13-14-11(15)10-5-4-6-12-7-10/h8-10,12H,3-7H2,1-2H3. The molecule has 1 aliphatic rings. The lowest BCUT2D eigenvalue weighted by molar-refractivity contribution is 0.412. The summed E-state index contributed by atoms with van der Waals surface area (Å²) in [6, 6.07) is 0.511. The summed E-state index contributed by atoms with van der Waals surface area (Å²) in [5.74, 6) is 1.71. The smallest absolute Gasteiger partial charge is 0.137 e. The van der Waals surface area contributed by atoms with Gasteiger partial charge in [-0.3, -0.25) is 0 Å². The molecule has 1 N–H and O–H groups in total. The van der Waals surface area contributed by atoms with Crippen molar-refractivity contribution in [1.29, 1.82) is 0 Å². The first-order valence-electron chi connectivity index (χ1n) is 5.93. The molecule has 2 atom stereocenters. The summed E-state index contributed by atoms with van der Waals surface area (Å²) in [5.41, 5.74) is 0. The zero-order valence-corrected chi connectivity index (χ0v) is 9.61. The Morgan fingerprint density at radius 1 is 1.67 bits per heavy atom. The van der Waals surface area contributed by atoms with Gasteiger partial charge in [0.2, 0.25) is 0 Å². The second-order valence-electron chi connectivity index (χ2n) is 4.40. The number of hydrogen-bond donors (Lipinski definition) is 1. The molecule has 1 fully saturated rings. The van der Waals surface area contributed by atoms with Gasteiger partial charge in [0, 0.05) is 18.5 Å². The van der Waals surface area contributed by atoms with Crippen molar-refractivity contribution in [3.05, 3.63) is 12.2 Å². The summed E-state index contributed by atoms with van der Waals surface area (Å²) in [6.07, 6.45) is 5.49. The minimum Gasteiger partial charge on any atom is -0.316 e. The van der Waals surface area contributed by atoms with Crippen LogP contribution < -0.4 is 5.32 Å². The highest BCUT2D eigenvalue weighted by Gasteiger charge is 2.21. The molecule has 0 bridgehead atoms. The molecule has 0 radical (unpaired) electrons. The molecule has 4 nitrogen and oxygen atoms in total. The van der Waals surface area contributed by atoms with E-state index in [2.05, 4.69) is 33.9 Å². The van der Waals surface area contributed by atoms with Gasteiger partial charge >= 0.3 is 0 Å². The molecule has 0 amide bonds. The third-order valence-electron chi connectivity index (χ3n) is 3.33. The van der Waals surface area contributed by atoms with E-state index in [1.807, 2.05) is 6.33 Å². The Morgan fingerprint density at radius 2 is 2.53 bits per heavy atom. The summed E-state index contributed by atoms with van der Waals surface area (Å²) in [6.45, 7) is 6.62. The van der Waals surface area contributed by atoms with E-state index >= 15 is 0 Å². The van der Waals surface area contributed by atoms with E-state index in [1.54, 1.807) is 0 Å². The number of piperidine rings is 1. The number of aromatic nitrogens is 3. The predicted molar refractivity (Wildman–Crippen MR) is 59.9 cm³/mol. The monoisotopic (exact) mass is 208 g/mol. The first-order valence-corrected chi connectivity index (χ1v) is 5.93. The summed E-state index contributed by atoms with van der Waals surface area (Å²) < 4.78 is 2.23. The fourth-order valence-corrected chi connectivity index (χ4v) is 2.15. The predicted octanol–water partition coefficient (Wildman–Crippen LogP) is 1.72. The fraction of sp³-hybridized carbons (Fsp3) is 0.818. The Morgan fingerprint density at radius 3 is 3.20 bits per heavy atom. The van der Waals surface area contributed by atoms with Gasteiger partial charge in [0.15, 0.2) is 0 Å². The Labute approximate surface area is 91.1 Å². The molecule has 0 spiro atoms. The van der Waals surface area contributed by atoms with E-state index < -0.39 is 0 Å². The van der Waals surface area contributed by atoms with Crippen molar-refractivity contribution in [3.8, 4) is 0 Å². The highest BCUT2D eigenvalue weighted by Crippen LogP contribution is 2.24. The molecule has 1 aromatic heterocycles. The van der Waals surface area contributed by atoms with Crippen LogP contribution in [-0.4, -0.2) is 27.9 Å². The Balaban J connectivity index is 2.15. The van der Waals surface area contributed by atoms with Gasteiger partial charge in [-0.15, -0.1) is 10.2 Å². The summed E-state index contributed by atoms with van der Waals surface area (Å²) in [4.78, 5) is 0. The van der Waals surface area contributed by atoms with Crippen molar-refractivity contribution in [3.63, 3.8) is 0 Å². The van der Waals surface area contributed by atoms with E-state index in [0.29, 0.717) is 12.0 Å². The van der Waals surface area contributed by atoms with Gasteiger partial charge in [-0.2, -0.15) is 0 Å². The second-order valence-corrected chi connectivity index (χ2v) is 4.40. The third-order valence-corrected chi connectivity index (χ3v) is 3.33. The Bertz CT molecular complexity index is 301. The van der Waals surface area contributed by atoms with Crippen LogP contribution in [0.25, 0.3) is 0 Å². The van der Waals surface area contributed by atoms with Crippen LogP contribution >= 0.6 is 0 Å². The second kappa shape index (κ2) is 4.75. The zero-order valence-electron chi connectivity index (χ0n) is 9.61. The maximum absolute atomic E-state index is 4.28. The molecule has 15 heavy (non-hydrogen) atoms. The zero-order chi connectivity index (χ0) is 10.7. The van der Waals surface area contributed by atoms with Gasteiger partial charge in [-0.05, 0) is 32.7 Å². The van der Waals surface area contributed by atoms with Gasteiger partial charge in [0.05, 0.1) is 0 Å². The SMILES string of the molecule is CCC(C)n1cnnc1C1CCCNC1. The first-order chi connectivity index (χ1) is 7.33. The van der Waals surface area contributed by atoms with Gasteiger partial charge in [-0.25, -0.2) is 0 Å². The number of rotatable bonds is 3. The molecule has 0 aromatic carbocycles. The van der Waals surface area contributed by atoms with Gasteiger partial charge in [0.1, 0.15) is 12.2 Å². The third kappa shape index (κ3) is 2.20. The topological polar surface area (TPSA) is 42.7 Å². The quantitative estimate of drug-likeness (QED) is 0.822. The lowest BCUT2D eigenvalue weighted by Gasteiger charge is -2.24. The normalized spacial score (nSPS) is 24.0. The van der Waals surface area contributed by atoms with Crippen molar-refractivity contribution in [1.82, 2.24) is 20.1 Å². The molecule has 1 aromatic rings. The Hall–Kier alpha value is -0.900. The molecular weight excluding hydrogens is 188 g/mol. The van der Waals surface area contributed by atoms with Crippen LogP contribution in [0.1, 0.15) is 50.9 Å². The molecule has 84 valence electrons. The Kier molecular flexibility index (Phi) is 3.36. The highest BCUT2D eigenvalue weighted by molar-refractivity contribution is 5.00. The van der Waals surface area contributed by atoms with Crippen molar-refractivity contribution < 1.29 is 0 Å². The van der Waals surface area contributed by atoms with Gasteiger partial charge in [0.25, 0.3) is 0 Å². The van der Waals surface area contributed by atoms with Crippen LogP contribution in [0.3, 0.4) is 0 Å². The summed E-state index contributed by atoms with van der Waals surface area (Å²) in [5, 5.41) is 11.8.